The van der Waals surface area contributed by atoms with E-state index >= 15 is 0 Å². The number of carbonyl (C=O) groups is 1. The van der Waals surface area contributed by atoms with E-state index in [1.165, 1.54) is 0 Å². The molecule has 0 radical (unpaired) electrons. The third kappa shape index (κ3) is 4.66. The second kappa shape index (κ2) is 7.38. The number of carbonyl (C=O) groups excluding carboxylic acids is 1. The van der Waals surface area contributed by atoms with E-state index in [-0.39, 0.29) is 17.7 Å². The monoisotopic (exact) mass is 314 g/mol. The molecule has 1 unspecified atom stereocenters. The highest BCUT2D eigenvalue weighted by molar-refractivity contribution is 9.10. The summed E-state index contributed by atoms with van der Waals surface area (Å²) in [6.07, 6.45) is 0.922. The standard InChI is InChI=1S/C13H19BrN2O2/c1-3-6-15-13(18)9(2)16-8-10-7-11(14)4-5-12(10)17/h4-5,7,9,16-17H,3,6,8H2,1-2H3,(H,15,18). The lowest BCUT2D eigenvalue weighted by atomic mass is 10.2. The van der Waals surface area contributed by atoms with Crippen molar-refractivity contribution in [2.45, 2.75) is 32.9 Å². The number of halogens is 1. The Morgan fingerprint density at radius 1 is 1.50 bits per heavy atom. The Kier molecular flexibility index (Phi) is 6.15. The zero-order valence-electron chi connectivity index (χ0n) is 10.7. The smallest absolute Gasteiger partial charge is 0.236 e. The Hall–Kier alpha value is -1.07. The number of phenolic OH excluding ortho intramolecular Hbond substituents is 1. The van der Waals surface area contributed by atoms with Crippen molar-refractivity contribution in [3.05, 3.63) is 28.2 Å². The Bertz CT molecular complexity index is 410. The van der Waals surface area contributed by atoms with Gasteiger partial charge in [-0.3, -0.25) is 4.79 Å². The Labute approximate surface area is 116 Å². The molecular weight excluding hydrogens is 296 g/mol. The highest BCUT2D eigenvalue weighted by Crippen LogP contribution is 2.21. The van der Waals surface area contributed by atoms with Gasteiger partial charge in [0.1, 0.15) is 5.75 Å². The van der Waals surface area contributed by atoms with E-state index in [1.54, 1.807) is 19.1 Å². The van der Waals surface area contributed by atoms with E-state index in [9.17, 15) is 9.90 Å². The van der Waals surface area contributed by atoms with Crippen molar-refractivity contribution >= 4 is 21.8 Å². The van der Waals surface area contributed by atoms with Crippen LogP contribution in [0.4, 0.5) is 0 Å². The molecular formula is C13H19BrN2O2. The molecule has 4 nitrogen and oxygen atoms in total. The number of nitrogens with one attached hydrogen (secondary N) is 2. The van der Waals surface area contributed by atoms with Gasteiger partial charge in [-0.25, -0.2) is 0 Å². The minimum atomic E-state index is -0.282. The highest BCUT2D eigenvalue weighted by atomic mass is 79.9. The Morgan fingerprint density at radius 2 is 2.22 bits per heavy atom. The van der Waals surface area contributed by atoms with Crippen LogP contribution >= 0.6 is 15.9 Å². The average molecular weight is 315 g/mol. The Balaban J connectivity index is 2.49. The number of benzene rings is 1. The minimum Gasteiger partial charge on any atom is -0.508 e. The van der Waals surface area contributed by atoms with Gasteiger partial charge in [0.2, 0.25) is 5.91 Å². The van der Waals surface area contributed by atoms with Gasteiger partial charge in [-0.2, -0.15) is 0 Å². The molecule has 0 heterocycles. The van der Waals surface area contributed by atoms with Crippen molar-refractivity contribution < 1.29 is 9.90 Å². The average Bonchev–Trinajstić information content (AvgIpc) is 2.36. The van der Waals surface area contributed by atoms with Crippen LogP contribution in [0.2, 0.25) is 0 Å². The summed E-state index contributed by atoms with van der Waals surface area (Å²) in [4.78, 5) is 11.6. The van der Waals surface area contributed by atoms with Gasteiger partial charge in [-0.1, -0.05) is 22.9 Å². The molecule has 0 fully saturated rings. The van der Waals surface area contributed by atoms with Crippen LogP contribution in [-0.4, -0.2) is 23.6 Å². The zero-order valence-corrected chi connectivity index (χ0v) is 12.3. The first-order valence-corrected chi connectivity index (χ1v) is 6.82. The summed E-state index contributed by atoms with van der Waals surface area (Å²) in [6, 6.07) is 4.95. The number of aromatic hydroxyl groups is 1. The quantitative estimate of drug-likeness (QED) is 0.754. The van der Waals surface area contributed by atoms with Crippen LogP contribution in [0.5, 0.6) is 5.75 Å². The maximum absolute atomic E-state index is 11.6. The molecule has 1 aromatic carbocycles. The lowest BCUT2D eigenvalue weighted by Gasteiger charge is -2.14. The molecule has 0 bridgehead atoms. The van der Waals surface area contributed by atoms with Crippen molar-refractivity contribution in [1.29, 1.82) is 0 Å². The van der Waals surface area contributed by atoms with E-state index in [0.717, 1.165) is 16.5 Å². The molecule has 3 N–H and O–H groups in total. The summed E-state index contributed by atoms with van der Waals surface area (Å²) >= 11 is 3.35. The van der Waals surface area contributed by atoms with Gasteiger partial charge >= 0.3 is 0 Å². The Morgan fingerprint density at radius 3 is 2.89 bits per heavy atom. The normalized spacial score (nSPS) is 12.2. The number of hydrogen-bond donors (Lipinski definition) is 3. The number of hydrogen-bond acceptors (Lipinski definition) is 3. The number of rotatable bonds is 6. The fraction of sp³-hybridized carbons (Fsp3) is 0.462. The van der Waals surface area contributed by atoms with Crippen LogP contribution in [0.1, 0.15) is 25.8 Å². The third-order valence-corrected chi connectivity index (χ3v) is 3.08. The van der Waals surface area contributed by atoms with Crippen molar-refractivity contribution in [2.24, 2.45) is 0 Å². The molecule has 1 atom stereocenters. The fourth-order valence-corrected chi connectivity index (χ4v) is 1.86. The highest BCUT2D eigenvalue weighted by Gasteiger charge is 2.12. The molecule has 1 amide bonds. The van der Waals surface area contributed by atoms with E-state index in [2.05, 4.69) is 26.6 Å². The molecule has 100 valence electrons. The lowest BCUT2D eigenvalue weighted by Crippen LogP contribution is -2.42. The molecule has 0 saturated carbocycles. The predicted molar refractivity (Wildman–Crippen MR) is 75.4 cm³/mol. The first-order valence-electron chi connectivity index (χ1n) is 6.03. The molecule has 1 rings (SSSR count). The molecule has 0 saturated heterocycles. The fourth-order valence-electron chi connectivity index (χ4n) is 1.45. The van der Waals surface area contributed by atoms with Gasteiger partial charge in [-0.15, -0.1) is 0 Å². The number of amides is 1. The van der Waals surface area contributed by atoms with E-state index in [1.807, 2.05) is 13.0 Å². The zero-order chi connectivity index (χ0) is 13.5. The molecule has 0 aliphatic rings. The summed E-state index contributed by atoms with van der Waals surface area (Å²) in [5, 5.41) is 15.6. The van der Waals surface area contributed by atoms with E-state index < -0.39 is 0 Å². The molecule has 0 spiro atoms. The molecule has 0 aromatic heterocycles. The number of phenols is 1. The molecule has 18 heavy (non-hydrogen) atoms. The lowest BCUT2D eigenvalue weighted by molar-refractivity contribution is -0.122. The van der Waals surface area contributed by atoms with Gasteiger partial charge in [0.25, 0.3) is 0 Å². The maximum atomic E-state index is 11.6. The third-order valence-electron chi connectivity index (χ3n) is 2.58. The topological polar surface area (TPSA) is 61.4 Å². The van der Waals surface area contributed by atoms with Crippen LogP contribution in [0.15, 0.2) is 22.7 Å². The van der Waals surface area contributed by atoms with Crippen LogP contribution in [0.25, 0.3) is 0 Å². The van der Waals surface area contributed by atoms with Crippen LogP contribution in [0, 0.1) is 0 Å². The van der Waals surface area contributed by atoms with Crippen molar-refractivity contribution in [3.8, 4) is 5.75 Å². The van der Waals surface area contributed by atoms with Crippen LogP contribution in [0.3, 0.4) is 0 Å². The SMILES string of the molecule is CCCNC(=O)C(C)NCc1cc(Br)ccc1O. The van der Waals surface area contributed by atoms with Gasteiger partial charge in [0.05, 0.1) is 6.04 Å². The van der Waals surface area contributed by atoms with Crippen molar-refractivity contribution in [1.82, 2.24) is 10.6 Å². The van der Waals surface area contributed by atoms with E-state index in [4.69, 9.17) is 0 Å². The summed E-state index contributed by atoms with van der Waals surface area (Å²) in [7, 11) is 0. The summed E-state index contributed by atoms with van der Waals surface area (Å²) in [6.45, 7) is 4.96. The van der Waals surface area contributed by atoms with Gasteiger partial charge in [0, 0.05) is 23.1 Å². The molecule has 0 aliphatic carbocycles. The molecule has 5 heteroatoms. The second-order valence-corrected chi connectivity index (χ2v) is 5.08. The summed E-state index contributed by atoms with van der Waals surface area (Å²) in [5.41, 5.74) is 0.763. The van der Waals surface area contributed by atoms with Gasteiger partial charge < -0.3 is 15.7 Å². The van der Waals surface area contributed by atoms with Crippen molar-refractivity contribution in [2.75, 3.05) is 6.54 Å². The van der Waals surface area contributed by atoms with Crippen molar-refractivity contribution in [3.63, 3.8) is 0 Å². The van der Waals surface area contributed by atoms with Crippen LogP contribution in [-0.2, 0) is 11.3 Å². The predicted octanol–water partition coefficient (Wildman–Crippen LogP) is 2.16. The first kappa shape index (κ1) is 15.0. The summed E-state index contributed by atoms with van der Waals surface area (Å²) in [5.74, 6) is 0.207. The molecule has 1 aromatic rings. The second-order valence-electron chi connectivity index (χ2n) is 4.17. The van der Waals surface area contributed by atoms with Crippen LogP contribution < -0.4 is 10.6 Å². The molecule has 0 aliphatic heterocycles. The first-order chi connectivity index (χ1) is 8.54. The van der Waals surface area contributed by atoms with E-state index in [0.29, 0.717) is 13.1 Å². The van der Waals surface area contributed by atoms with Gasteiger partial charge in [-0.05, 0) is 31.5 Å². The minimum absolute atomic E-state index is 0.0219. The van der Waals surface area contributed by atoms with Gasteiger partial charge in [0.15, 0.2) is 0 Å². The largest absolute Gasteiger partial charge is 0.508 e. The maximum Gasteiger partial charge on any atom is 0.236 e. The summed E-state index contributed by atoms with van der Waals surface area (Å²) < 4.78 is 0.903.